The summed E-state index contributed by atoms with van der Waals surface area (Å²) in [6.07, 6.45) is 18.7. The molecular formula is C21H38O2S3. The Morgan fingerprint density at radius 1 is 1.04 bits per heavy atom. The van der Waals surface area contributed by atoms with Crippen LogP contribution in [0.5, 0.6) is 0 Å². The van der Waals surface area contributed by atoms with Gasteiger partial charge in [0.1, 0.15) is 8.28 Å². The quantitative estimate of drug-likeness (QED) is 0.157. The van der Waals surface area contributed by atoms with Gasteiger partial charge in [0.2, 0.25) is 0 Å². The van der Waals surface area contributed by atoms with E-state index in [1.54, 1.807) is 18.7 Å². The van der Waals surface area contributed by atoms with Crippen molar-refractivity contribution in [2.24, 2.45) is 0 Å². The fraction of sp³-hybridized carbons (Fsp3) is 0.810. The fourth-order valence-corrected chi connectivity index (χ4v) is 5.71. The molecule has 0 heterocycles. The van der Waals surface area contributed by atoms with Crippen molar-refractivity contribution in [3.8, 4) is 0 Å². The van der Waals surface area contributed by atoms with E-state index in [2.05, 4.69) is 6.92 Å². The molecule has 0 rings (SSSR count). The Bertz CT molecular complexity index is 410. The molecule has 0 aromatic carbocycles. The number of aliphatic carboxylic acids is 1. The third-order valence-corrected chi connectivity index (χ3v) is 7.43. The molecule has 1 atom stereocenters. The second kappa shape index (κ2) is 17.1. The number of hydrogen-bond donors (Lipinski definition) is 1. The molecule has 5 heteroatoms. The summed E-state index contributed by atoms with van der Waals surface area (Å²) in [5, 5.41) is 9.53. The molecule has 0 aliphatic rings. The van der Waals surface area contributed by atoms with Gasteiger partial charge in [0.25, 0.3) is 0 Å². The second-order valence-electron chi connectivity index (χ2n) is 7.03. The van der Waals surface area contributed by atoms with E-state index in [1.807, 2.05) is 19.1 Å². The van der Waals surface area contributed by atoms with E-state index in [1.165, 1.54) is 76.0 Å². The van der Waals surface area contributed by atoms with Crippen molar-refractivity contribution in [3.05, 3.63) is 12.2 Å². The first-order valence-electron chi connectivity index (χ1n) is 10.2. The molecule has 0 spiro atoms. The lowest BCUT2D eigenvalue weighted by atomic mass is 10.1. The first kappa shape index (κ1) is 26.0. The molecule has 0 radical (unpaired) electrons. The van der Waals surface area contributed by atoms with Crippen molar-refractivity contribution in [1.82, 2.24) is 0 Å². The maximum Gasteiger partial charge on any atom is 0.319 e. The third kappa shape index (κ3) is 14.1. The molecule has 0 saturated carbocycles. The van der Waals surface area contributed by atoms with Gasteiger partial charge in [-0.25, -0.2) is 0 Å². The first-order chi connectivity index (χ1) is 12.5. The number of thiocarbonyl (C=S) groups is 1. The van der Waals surface area contributed by atoms with Crippen LogP contribution < -0.4 is 0 Å². The SMILES string of the molecule is CC=CCCC(C)(SC(=S)SCCCCCCCCCCCC)C(=O)O. The predicted molar refractivity (Wildman–Crippen MR) is 125 cm³/mol. The minimum absolute atomic E-state index is 0.607. The standard InChI is InChI=1S/C21H38O2S3/c1-4-6-8-9-10-11-12-13-14-16-18-25-20(24)26-21(3,19(22)23)17-15-7-5-2/h5,7H,4,6,8-18H2,1-3H3,(H,22,23). The lowest BCUT2D eigenvalue weighted by Crippen LogP contribution is -2.32. The van der Waals surface area contributed by atoms with Crippen molar-refractivity contribution in [2.75, 3.05) is 5.75 Å². The molecule has 1 N–H and O–H groups in total. The van der Waals surface area contributed by atoms with E-state index < -0.39 is 10.7 Å². The predicted octanol–water partition coefficient (Wildman–Crippen LogP) is 7.86. The van der Waals surface area contributed by atoms with Crippen LogP contribution in [0.25, 0.3) is 0 Å². The minimum atomic E-state index is -0.818. The van der Waals surface area contributed by atoms with Gasteiger partial charge in [0.15, 0.2) is 0 Å². The highest BCUT2D eigenvalue weighted by Crippen LogP contribution is 2.35. The molecule has 0 aromatic heterocycles. The highest BCUT2D eigenvalue weighted by atomic mass is 32.2. The van der Waals surface area contributed by atoms with Crippen molar-refractivity contribution in [3.63, 3.8) is 0 Å². The van der Waals surface area contributed by atoms with Gasteiger partial charge < -0.3 is 5.11 Å². The molecule has 0 fully saturated rings. The van der Waals surface area contributed by atoms with E-state index >= 15 is 0 Å². The van der Waals surface area contributed by atoms with Gasteiger partial charge in [-0.15, -0.1) is 11.8 Å². The van der Waals surface area contributed by atoms with Crippen LogP contribution in [0, 0.1) is 0 Å². The zero-order valence-electron chi connectivity index (χ0n) is 16.9. The summed E-state index contributed by atoms with van der Waals surface area (Å²) < 4.78 is -0.0484. The molecule has 0 amide bonds. The monoisotopic (exact) mass is 418 g/mol. The van der Waals surface area contributed by atoms with Gasteiger partial charge in [0.05, 0.1) is 0 Å². The van der Waals surface area contributed by atoms with Gasteiger partial charge in [-0.1, -0.05) is 101 Å². The molecular weight excluding hydrogens is 380 g/mol. The first-order valence-corrected chi connectivity index (χ1v) is 12.4. The topological polar surface area (TPSA) is 37.3 Å². The van der Waals surface area contributed by atoms with Crippen molar-refractivity contribution in [2.45, 2.75) is 103 Å². The summed E-state index contributed by atoms with van der Waals surface area (Å²) in [4.78, 5) is 11.6. The number of thioether (sulfide) groups is 2. The molecule has 0 bridgehead atoms. The number of carbonyl (C=O) groups is 1. The average Bonchev–Trinajstić information content (AvgIpc) is 2.59. The smallest absolute Gasteiger partial charge is 0.319 e. The zero-order valence-corrected chi connectivity index (χ0v) is 19.4. The van der Waals surface area contributed by atoms with Crippen LogP contribution in [0.1, 0.15) is 97.8 Å². The Morgan fingerprint density at radius 2 is 1.58 bits per heavy atom. The van der Waals surface area contributed by atoms with Crippen molar-refractivity contribution < 1.29 is 9.90 Å². The van der Waals surface area contributed by atoms with Crippen LogP contribution >= 0.6 is 35.7 Å². The number of unbranched alkanes of at least 4 members (excludes halogenated alkanes) is 9. The zero-order chi connectivity index (χ0) is 19.7. The van der Waals surface area contributed by atoms with Crippen LogP contribution in [-0.4, -0.2) is 25.1 Å². The Morgan fingerprint density at radius 3 is 2.08 bits per heavy atom. The third-order valence-electron chi connectivity index (χ3n) is 4.50. The second-order valence-corrected chi connectivity index (χ2v) is 10.8. The minimum Gasteiger partial charge on any atom is -0.480 e. The molecule has 0 aromatic rings. The van der Waals surface area contributed by atoms with E-state index in [4.69, 9.17) is 12.2 Å². The number of carboxylic acids is 1. The highest BCUT2D eigenvalue weighted by Gasteiger charge is 2.34. The summed E-state index contributed by atoms with van der Waals surface area (Å²) >= 11 is 8.41. The number of allylic oxidation sites excluding steroid dienone is 2. The van der Waals surface area contributed by atoms with Crippen LogP contribution in [0.4, 0.5) is 0 Å². The van der Waals surface area contributed by atoms with Crippen LogP contribution in [0.2, 0.25) is 0 Å². The maximum absolute atomic E-state index is 11.6. The average molecular weight is 419 g/mol. The Labute approximate surface area is 175 Å². The largest absolute Gasteiger partial charge is 0.480 e. The molecule has 26 heavy (non-hydrogen) atoms. The number of hydrogen-bond acceptors (Lipinski definition) is 4. The van der Waals surface area contributed by atoms with Gasteiger partial charge in [-0.05, 0) is 38.9 Å². The van der Waals surface area contributed by atoms with E-state index in [0.717, 1.165) is 15.7 Å². The Balaban J connectivity index is 3.75. The van der Waals surface area contributed by atoms with Crippen molar-refractivity contribution in [1.29, 1.82) is 0 Å². The molecule has 0 saturated heterocycles. The van der Waals surface area contributed by atoms with E-state index in [9.17, 15) is 9.90 Å². The van der Waals surface area contributed by atoms with E-state index in [-0.39, 0.29) is 0 Å². The van der Waals surface area contributed by atoms with Crippen LogP contribution in [0.3, 0.4) is 0 Å². The maximum atomic E-state index is 11.6. The highest BCUT2D eigenvalue weighted by molar-refractivity contribution is 8.47. The summed E-state index contributed by atoms with van der Waals surface area (Å²) in [5.74, 6) is 0.237. The fourth-order valence-electron chi connectivity index (χ4n) is 2.69. The van der Waals surface area contributed by atoms with Crippen LogP contribution in [-0.2, 0) is 4.79 Å². The molecule has 152 valence electrons. The number of rotatable bonds is 16. The summed E-state index contributed by atoms with van der Waals surface area (Å²) in [6.45, 7) is 6.00. The summed E-state index contributed by atoms with van der Waals surface area (Å²) in [7, 11) is 0. The van der Waals surface area contributed by atoms with E-state index in [0.29, 0.717) is 6.42 Å². The summed E-state index contributed by atoms with van der Waals surface area (Å²) in [5.41, 5.74) is 0. The van der Waals surface area contributed by atoms with Gasteiger partial charge in [-0.3, -0.25) is 4.79 Å². The van der Waals surface area contributed by atoms with Gasteiger partial charge >= 0.3 is 5.97 Å². The molecule has 0 aliphatic heterocycles. The van der Waals surface area contributed by atoms with Gasteiger partial charge in [-0.2, -0.15) is 0 Å². The lowest BCUT2D eigenvalue weighted by Gasteiger charge is -2.23. The lowest BCUT2D eigenvalue weighted by molar-refractivity contribution is -0.139. The van der Waals surface area contributed by atoms with Crippen molar-refractivity contribution >= 4 is 45.2 Å². The van der Waals surface area contributed by atoms with Crippen LogP contribution in [0.15, 0.2) is 12.2 Å². The normalized spacial score (nSPS) is 13.8. The summed E-state index contributed by atoms with van der Waals surface area (Å²) in [6, 6.07) is 0. The molecule has 1 unspecified atom stereocenters. The molecule has 0 aliphatic carbocycles. The Kier molecular flexibility index (Phi) is 17.1. The Hall–Kier alpha value is -0.000000000000000111. The van der Waals surface area contributed by atoms with Gasteiger partial charge in [0, 0.05) is 0 Å². The molecule has 2 nitrogen and oxygen atoms in total. The number of carboxylic acid groups (broad SMARTS) is 1.